The number of hydrogen-bond donors (Lipinski definition) is 1. The molecule has 98 valence electrons. The minimum atomic E-state index is -0.245. The lowest BCUT2D eigenvalue weighted by molar-refractivity contribution is -0.155. The second kappa shape index (κ2) is 5.80. The van der Waals surface area contributed by atoms with Crippen LogP contribution in [0.5, 0.6) is 0 Å². The van der Waals surface area contributed by atoms with Crippen molar-refractivity contribution in [3.8, 4) is 0 Å². The Morgan fingerprint density at radius 2 is 2.35 bits per heavy atom. The second-order valence-corrected chi connectivity index (χ2v) is 4.85. The van der Waals surface area contributed by atoms with E-state index >= 15 is 0 Å². The van der Waals surface area contributed by atoms with E-state index in [-0.39, 0.29) is 12.0 Å². The summed E-state index contributed by atoms with van der Waals surface area (Å²) in [4.78, 5) is 14.0. The van der Waals surface area contributed by atoms with Gasteiger partial charge in [0.25, 0.3) is 0 Å². The predicted molar refractivity (Wildman–Crippen MR) is 63.5 cm³/mol. The number of morpholine rings is 1. The highest BCUT2D eigenvalue weighted by atomic mass is 16.5. The molecule has 0 aromatic rings. The van der Waals surface area contributed by atoms with Crippen LogP contribution in [0, 0.1) is 5.92 Å². The zero-order valence-electron chi connectivity index (χ0n) is 10.4. The average molecular weight is 242 g/mol. The summed E-state index contributed by atoms with van der Waals surface area (Å²) in [5, 5.41) is 0. The highest BCUT2D eigenvalue weighted by Crippen LogP contribution is 2.31. The Morgan fingerprint density at radius 1 is 1.53 bits per heavy atom. The molecule has 1 aliphatic heterocycles. The number of methoxy groups -OCH3 is 1. The first-order chi connectivity index (χ1) is 8.27. The number of carbonyl (C=O) groups excluding carboxylic acids is 1. The quantitative estimate of drug-likeness (QED) is 0.705. The lowest BCUT2D eigenvalue weighted by atomic mass is 10.00. The fraction of sp³-hybridized carbons (Fsp3) is 0.917. The molecule has 3 unspecified atom stereocenters. The van der Waals surface area contributed by atoms with E-state index in [0.29, 0.717) is 31.7 Å². The molecule has 17 heavy (non-hydrogen) atoms. The largest absolute Gasteiger partial charge is 0.468 e. The maximum Gasteiger partial charge on any atom is 0.325 e. The molecule has 1 saturated heterocycles. The minimum absolute atomic E-state index is 0.188. The van der Waals surface area contributed by atoms with Crippen LogP contribution < -0.4 is 5.73 Å². The molecule has 0 aromatic carbocycles. The third-order valence-corrected chi connectivity index (χ3v) is 3.99. The zero-order chi connectivity index (χ0) is 12.3. The maximum atomic E-state index is 11.8. The Hall–Kier alpha value is -0.650. The molecule has 1 aliphatic carbocycles. The van der Waals surface area contributed by atoms with Crippen LogP contribution in [-0.4, -0.2) is 56.4 Å². The van der Waals surface area contributed by atoms with Gasteiger partial charge >= 0.3 is 5.97 Å². The monoisotopic (exact) mass is 242 g/mol. The summed E-state index contributed by atoms with van der Waals surface area (Å²) in [6.45, 7) is 2.65. The number of nitrogens with two attached hydrogens (primary N) is 1. The standard InChI is InChI=1S/C12H22N2O3/c1-16-12(15)11-8-17-6-5-14(11)10-4-2-3-9(10)7-13/h9-11H,2-8,13H2,1H3. The van der Waals surface area contributed by atoms with E-state index in [1.54, 1.807) is 0 Å². The van der Waals surface area contributed by atoms with E-state index in [4.69, 9.17) is 15.2 Å². The van der Waals surface area contributed by atoms with Crippen molar-refractivity contribution in [1.29, 1.82) is 0 Å². The third kappa shape index (κ3) is 2.61. The van der Waals surface area contributed by atoms with Crippen molar-refractivity contribution >= 4 is 5.97 Å². The number of rotatable bonds is 3. The van der Waals surface area contributed by atoms with E-state index in [1.807, 2.05) is 0 Å². The van der Waals surface area contributed by atoms with E-state index in [1.165, 1.54) is 20.0 Å². The van der Waals surface area contributed by atoms with Crippen LogP contribution in [0.3, 0.4) is 0 Å². The highest BCUT2D eigenvalue weighted by Gasteiger charge is 2.39. The molecule has 5 nitrogen and oxygen atoms in total. The molecule has 0 radical (unpaired) electrons. The molecular weight excluding hydrogens is 220 g/mol. The minimum Gasteiger partial charge on any atom is -0.468 e. The Labute approximate surface area is 102 Å². The summed E-state index contributed by atoms with van der Waals surface area (Å²) >= 11 is 0. The molecule has 2 N–H and O–H groups in total. The van der Waals surface area contributed by atoms with Crippen LogP contribution in [0.15, 0.2) is 0 Å². The van der Waals surface area contributed by atoms with Crippen LogP contribution in [-0.2, 0) is 14.3 Å². The van der Waals surface area contributed by atoms with Crippen molar-refractivity contribution < 1.29 is 14.3 Å². The van der Waals surface area contributed by atoms with Gasteiger partial charge in [0.1, 0.15) is 6.04 Å². The van der Waals surface area contributed by atoms with Crippen molar-refractivity contribution in [3.63, 3.8) is 0 Å². The van der Waals surface area contributed by atoms with Gasteiger partial charge in [0.05, 0.1) is 20.3 Å². The summed E-state index contributed by atoms with van der Waals surface area (Å²) in [5.41, 5.74) is 5.81. The number of hydrogen-bond acceptors (Lipinski definition) is 5. The molecule has 3 atom stereocenters. The van der Waals surface area contributed by atoms with Gasteiger partial charge in [-0.1, -0.05) is 6.42 Å². The summed E-state index contributed by atoms with van der Waals surface area (Å²) in [6, 6.07) is 0.180. The van der Waals surface area contributed by atoms with Gasteiger partial charge in [0.2, 0.25) is 0 Å². The number of nitrogens with zero attached hydrogens (tertiary/aromatic N) is 1. The Morgan fingerprint density at radius 3 is 3.06 bits per heavy atom. The second-order valence-electron chi connectivity index (χ2n) is 4.85. The van der Waals surface area contributed by atoms with E-state index in [2.05, 4.69) is 4.90 Å². The van der Waals surface area contributed by atoms with Crippen LogP contribution in [0.2, 0.25) is 0 Å². The molecule has 2 fully saturated rings. The van der Waals surface area contributed by atoms with Gasteiger partial charge in [-0.15, -0.1) is 0 Å². The topological polar surface area (TPSA) is 64.8 Å². The summed E-state index contributed by atoms with van der Waals surface area (Å²) in [7, 11) is 1.43. The van der Waals surface area contributed by atoms with E-state index in [0.717, 1.165) is 13.0 Å². The Bertz CT molecular complexity index is 272. The van der Waals surface area contributed by atoms with Crippen LogP contribution in [0.1, 0.15) is 19.3 Å². The average Bonchev–Trinajstić information content (AvgIpc) is 2.86. The van der Waals surface area contributed by atoms with Gasteiger partial charge in [-0.2, -0.15) is 0 Å². The fourth-order valence-corrected chi connectivity index (χ4v) is 3.08. The normalized spacial score (nSPS) is 34.8. The molecule has 5 heteroatoms. The lowest BCUT2D eigenvalue weighted by Crippen LogP contribution is -2.56. The highest BCUT2D eigenvalue weighted by molar-refractivity contribution is 5.76. The molecule has 2 aliphatic rings. The third-order valence-electron chi connectivity index (χ3n) is 3.99. The van der Waals surface area contributed by atoms with E-state index in [9.17, 15) is 4.79 Å². The van der Waals surface area contributed by atoms with Crippen LogP contribution >= 0.6 is 0 Å². The summed E-state index contributed by atoms with van der Waals surface area (Å²) < 4.78 is 10.2. The molecular formula is C12H22N2O3. The van der Waals surface area contributed by atoms with E-state index < -0.39 is 0 Å². The molecule has 0 amide bonds. The molecule has 1 saturated carbocycles. The first kappa shape index (κ1) is 12.8. The molecule has 0 aromatic heterocycles. The fourth-order valence-electron chi connectivity index (χ4n) is 3.08. The van der Waals surface area contributed by atoms with Gasteiger partial charge in [0.15, 0.2) is 0 Å². The molecule has 2 rings (SSSR count). The van der Waals surface area contributed by atoms with Crippen LogP contribution in [0.4, 0.5) is 0 Å². The van der Waals surface area contributed by atoms with Crippen molar-refractivity contribution in [1.82, 2.24) is 4.90 Å². The summed E-state index contributed by atoms with van der Waals surface area (Å²) in [6.07, 6.45) is 3.51. The Kier molecular flexibility index (Phi) is 4.36. The predicted octanol–water partition coefficient (Wildman–Crippen LogP) is -0.0124. The lowest BCUT2D eigenvalue weighted by Gasteiger charge is -2.40. The maximum absolute atomic E-state index is 11.8. The first-order valence-electron chi connectivity index (χ1n) is 6.39. The van der Waals surface area contributed by atoms with Gasteiger partial charge in [-0.3, -0.25) is 9.69 Å². The molecule has 0 bridgehead atoms. The van der Waals surface area contributed by atoms with Crippen molar-refractivity contribution in [2.75, 3.05) is 33.4 Å². The first-order valence-corrected chi connectivity index (χ1v) is 6.39. The Balaban J connectivity index is 2.07. The summed E-state index contributed by atoms with van der Waals surface area (Å²) in [5.74, 6) is 0.327. The van der Waals surface area contributed by atoms with Crippen molar-refractivity contribution in [3.05, 3.63) is 0 Å². The molecule has 0 spiro atoms. The number of carbonyl (C=O) groups is 1. The van der Waals surface area contributed by atoms with Crippen LogP contribution in [0.25, 0.3) is 0 Å². The van der Waals surface area contributed by atoms with Gasteiger partial charge in [-0.05, 0) is 25.3 Å². The van der Waals surface area contributed by atoms with Gasteiger partial charge < -0.3 is 15.2 Å². The smallest absolute Gasteiger partial charge is 0.325 e. The molecule has 1 heterocycles. The van der Waals surface area contributed by atoms with Gasteiger partial charge in [-0.25, -0.2) is 0 Å². The van der Waals surface area contributed by atoms with Crippen molar-refractivity contribution in [2.45, 2.75) is 31.3 Å². The van der Waals surface area contributed by atoms with Crippen molar-refractivity contribution in [2.24, 2.45) is 11.7 Å². The number of esters is 1. The van der Waals surface area contributed by atoms with Gasteiger partial charge in [0, 0.05) is 12.6 Å². The SMILES string of the molecule is COC(=O)C1COCCN1C1CCCC1CN. The number of ether oxygens (including phenoxy) is 2. The zero-order valence-corrected chi connectivity index (χ0v) is 10.4.